The molecule has 18 heavy (non-hydrogen) atoms. The van der Waals surface area contributed by atoms with Crippen LogP contribution in [0, 0.1) is 0 Å². The molecule has 2 rings (SSSR count). The van der Waals surface area contributed by atoms with E-state index in [0.29, 0.717) is 5.75 Å². The Balaban J connectivity index is 2.18. The van der Waals surface area contributed by atoms with Crippen molar-refractivity contribution in [2.24, 2.45) is 0 Å². The van der Waals surface area contributed by atoms with Crippen molar-refractivity contribution < 1.29 is 9.47 Å². The van der Waals surface area contributed by atoms with Gasteiger partial charge in [0.1, 0.15) is 0 Å². The van der Waals surface area contributed by atoms with Gasteiger partial charge in [-0.3, -0.25) is 0 Å². The molecule has 0 fully saturated rings. The number of nitrogens with zero attached hydrogens (tertiary/aromatic N) is 1. The normalized spacial score (nSPS) is 10.4. The third kappa shape index (κ3) is 2.97. The molecule has 0 unspecified atom stereocenters. The zero-order valence-electron chi connectivity index (χ0n) is 10.3. The van der Waals surface area contributed by atoms with Gasteiger partial charge in [-0.2, -0.15) is 12.6 Å². The number of methoxy groups -OCH3 is 2. The first-order chi connectivity index (χ1) is 8.76. The van der Waals surface area contributed by atoms with Crippen molar-refractivity contribution >= 4 is 24.0 Å². The second-order valence-corrected chi connectivity index (χ2v) is 5.02. The standard InChI is InChI=1S/C13H15NO2S2/c1-15-11-4-3-9(5-12(11)16-2)6-13-14-10(7-17)8-18-13/h3-5,8,17H,6-7H2,1-2H3. The molecule has 0 aliphatic rings. The van der Waals surface area contributed by atoms with E-state index in [2.05, 4.69) is 17.6 Å². The highest BCUT2D eigenvalue weighted by Crippen LogP contribution is 2.28. The molecule has 0 spiro atoms. The Kier molecular flexibility index (Phi) is 4.49. The van der Waals surface area contributed by atoms with E-state index in [4.69, 9.17) is 9.47 Å². The lowest BCUT2D eigenvalue weighted by Crippen LogP contribution is -1.93. The fourth-order valence-corrected chi connectivity index (χ4v) is 2.78. The fraction of sp³-hybridized carbons (Fsp3) is 0.308. The Labute approximate surface area is 116 Å². The lowest BCUT2D eigenvalue weighted by Gasteiger charge is -2.08. The molecule has 0 radical (unpaired) electrons. The topological polar surface area (TPSA) is 31.4 Å². The van der Waals surface area contributed by atoms with Crippen LogP contribution in [0.25, 0.3) is 0 Å². The largest absolute Gasteiger partial charge is 0.493 e. The summed E-state index contributed by atoms with van der Waals surface area (Å²) in [6.45, 7) is 0. The Hall–Kier alpha value is -1.20. The molecular formula is C13H15NO2S2. The van der Waals surface area contributed by atoms with E-state index in [1.165, 1.54) is 0 Å². The average molecular weight is 281 g/mol. The summed E-state index contributed by atoms with van der Waals surface area (Å²) >= 11 is 5.88. The van der Waals surface area contributed by atoms with Crippen LogP contribution in [-0.2, 0) is 12.2 Å². The molecule has 0 saturated carbocycles. The van der Waals surface area contributed by atoms with Crippen LogP contribution in [0.3, 0.4) is 0 Å². The van der Waals surface area contributed by atoms with Crippen LogP contribution in [0.15, 0.2) is 23.6 Å². The highest BCUT2D eigenvalue weighted by atomic mass is 32.1. The summed E-state index contributed by atoms with van der Waals surface area (Å²) in [6.07, 6.45) is 0.804. The summed E-state index contributed by atoms with van der Waals surface area (Å²) < 4.78 is 10.5. The molecule has 0 saturated heterocycles. The molecule has 2 aromatic rings. The summed E-state index contributed by atoms with van der Waals surface area (Å²) in [7, 11) is 3.28. The molecule has 0 aliphatic carbocycles. The van der Waals surface area contributed by atoms with Crippen molar-refractivity contribution in [3.8, 4) is 11.5 Å². The molecule has 0 bridgehead atoms. The molecule has 0 N–H and O–H groups in total. The van der Waals surface area contributed by atoms with Gasteiger partial charge in [0.15, 0.2) is 11.5 Å². The number of hydrogen-bond donors (Lipinski definition) is 1. The van der Waals surface area contributed by atoms with E-state index in [1.54, 1.807) is 25.6 Å². The Morgan fingerprint density at radius 2 is 2.00 bits per heavy atom. The summed E-state index contributed by atoms with van der Waals surface area (Å²) in [6, 6.07) is 5.94. The molecule has 1 aromatic heterocycles. The number of rotatable bonds is 5. The summed E-state index contributed by atoms with van der Waals surface area (Å²) in [5.74, 6) is 2.18. The van der Waals surface area contributed by atoms with E-state index < -0.39 is 0 Å². The van der Waals surface area contributed by atoms with Crippen molar-refractivity contribution in [3.63, 3.8) is 0 Å². The van der Waals surface area contributed by atoms with Gasteiger partial charge in [0.05, 0.1) is 24.9 Å². The van der Waals surface area contributed by atoms with Crippen LogP contribution in [0.1, 0.15) is 16.3 Å². The van der Waals surface area contributed by atoms with Gasteiger partial charge in [0.25, 0.3) is 0 Å². The molecule has 5 heteroatoms. The minimum atomic E-state index is 0.683. The predicted molar refractivity (Wildman–Crippen MR) is 77.2 cm³/mol. The highest BCUT2D eigenvalue weighted by Gasteiger charge is 2.07. The van der Waals surface area contributed by atoms with Crippen molar-refractivity contribution in [2.45, 2.75) is 12.2 Å². The summed E-state index contributed by atoms with van der Waals surface area (Å²) in [4.78, 5) is 4.49. The maximum absolute atomic E-state index is 5.29. The van der Waals surface area contributed by atoms with Crippen LogP contribution < -0.4 is 9.47 Å². The van der Waals surface area contributed by atoms with Crippen LogP contribution in [-0.4, -0.2) is 19.2 Å². The zero-order chi connectivity index (χ0) is 13.0. The van der Waals surface area contributed by atoms with Gasteiger partial charge < -0.3 is 9.47 Å². The number of thiazole rings is 1. The first-order valence-electron chi connectivity index (χ1n) is 5.52. The van der Waals surface area contributed by atoms with Gasteiger partial charge in [-0.05, 0) is 17.7 Å². The van der Waals surface area contributed by atoms with Gasteiger partial charge in [0, 0.05) is 17.6 Å². The SMILES string of the molecule is COc1ccc(Cc2nc(CS)cs2)cc1OC. The van der Waals surface area contributed by atoms with E-state index in [9.17, 15) is 0 Å². The molecule has 0 aliphatic heterocycles. The van der Waals surface area contributed by atoms with Gasteiger partial charge in [-0.25, -0.2) is 4.98 Å². The molecule has 96 valence electrons. The first-order valence-corrected chi connectivity index (χ1v) is 7.03. The molecule has 3 nitrogen and oxygen atoms in total. The average Bonchev–Trinajstić information content (AvgIpc) is 2.86. The van der Waals surface area contributed by atoms with E-state index >= 15 is 0 Å². The van der Waals surface area contributed by atoms with Crippen LogP contribution in [0.4, 0.5) is 0 Å². The molecule has 0 amide bonds. The quantitative estimate of drug-likeness (QED) is 0.854. The predicted octanol–water partition coefficient (Wildman–Crippen LogP) is 3.18. The number of benzene rings is 1. The van der Waals surface area contributed by atoms with Gasteiger partial charge in [-0.1, -0.05) is 6.07 Å². The minimum Gasteiger partial charge on any atom is -0.493 e. The van der Waals surface area contributed by atoms with Crippen molar-refractivity contribution in [3.05, 3.63) is 39.8 Å². The zero-order valence-corrected chi connectivity index (χ0v) is 12.1. The molecule has 0 atom stereocenters. The number of ether oxygens (including phenoxy) is 2. The summed E-state index contributed by atoms with van der Waals surface area (Å²) in [5, 5.41) is 3.13. The Morgan fingerprint density at radius 1 is 1.22 bits per heavy atom. The van der Waals surface area contributed by atoms with Crippen LogP contribution >= 0.6 is 24.0 Å². The monoisotopic (exact) mass is 281 g/mol. The first kappa shape index (κ1) is 13.2. The van der Waals surface area contributed by atoms with Crippen LogP contribution in [0.2, 0.25) is 0 Å². The Bertz CT molecular complexity index is 525. The maximum Gasteiger partial charge on any atom is 0.160 e. The van der Waals surface area contributed by atoms with E-state index in [-0.39, 0.29) is 0 Å². The van der Waals surface area contributed by atoms with Gasteiger partial charge in [-0.15, -0.1) is 11.3 Å². The second-order valence-electron chi connectivity index (χ2n) is 3.76. The lowest BCUT2D eigenvalue weighted by molar-refractivity contribution is 0.354. The number of hydrogen-bond acceptors (Lipinski definition) is 5. The smallest absolute Gasteiger partial charge is 0.160 e. The van der Waals surface area contributed by atoms with Crippen LogP contribution in [0.5, 0.6) is 11.5 Å². The van der Waals surface area contributed by atoms with E-state index in [0.717, 1.165) is 34.2 Å². The number of aromatic nitrogens is 1. The fourth-order valence-electron chi connectivity index (χ4n) is 1.67. The minimum absolute atomic E-state index is 0.683. The second kappa shape index (κ2) is 6.11. The lowest BCUT2D eigenvalue weighted by atomic mass is 10.1. The third-order valence-electron chi connectivity index (χ3n) is 2.56. The molecule has 1 heterocycles. The van der Waals surface area contributed by atoms with Crippen molar-refractivity contribution in [2.75, 3.05) is 14.2 Å². The van der Waals surface area contributed by atoms with Gasteiger partial charge >= 0.3 is 0 Å². The highest BCUT2D eigenvalue weighted by molar-refractivity contribution is 7.79. The van der Waals surface area contributed by atoms with Crippen molar-refractivity contribution in [1.82, 2.24) is 4.98 Å². The molecular weight excluding hydrogens is 266 g/mol. The summed E-state index contributed by atoms with van der Waals surface area (Å²) in [5.41, 5.74) is 2.19. The number of thiol groups is 1. The van der Waals surface area contributed by atoms with Crippen molar-refractivity contribution in [1.29, 1.82) is 0 Å². The van der Waals surface area contributed by atoms with Gasteiger partial charge in [0.2, 0.25) is 0 Å². The maximum atomic E-state index is 5.29. The molecule has 1 aromatic carbocycles. The Morgan fingerprint density at radius 3 is 2.61 bits per heavy atom. The third-order valence-corrected chi connectivity index (χ3v) is 3.79. The van der Waals surface area contributed by atoms with E-state index in [1.807, 2.05) is 23.6 Å².